The van der Waals surface area contributed by atoms with Gasteiger partial charge < -0.3 is 14.9 Å². The van der Waals surface area contributed by atoms with Crippen LogP contribution in [0.2, 0.25) is 0 Å². The Balaban J connectivity index is 2.42. The van der Waals surface area contributed by atoms with E-state index in [2.05, 4.69) is 20.4 Å². The average Bonchev–Trinajstić information content (AvgIpc) is 2.65. The molecule has 0 aliphatic heterocycles. The molecule has 0 aliphatic rings. The molecule has 1 atom stereocenters. The number of hydrogen-bond acceptors (Lipinski definition) is 6. The molecule has 2 heterocycles. The Morgan fingerprint density at radius 1 is 1.56 bits per heavy atom. The smallest absolute Gasteiger partial charge is 0.325 e. The van der Waals surface area contributed by atoms with Gasteiger partial charge in [0.2, 0.25) is 0 Å². The maximum atomic E-state index is 10.7. The van der Waals surface area contributed by atoms with E-state index in [-0.39, 0.29) is 0 Å². The number of fused-ring (bicyclic) bond motifs is 1. The van der Waals surface area contributed by atoms with Gasteiger partial charge in [0.15, 0.2) is 0 Å². The summed E-state index contributed by atoms with van der Waals surface area (Å²) in [6.45, 7) is 3.22. The van der Waals surface area contributed by atoms with Crippen molar-refractivity contribution in [3.05, 3.63) is 12.0 Å². The lowest BCUT2D eigenvalue weighted by Crippen LogP contribution is -2.26. The summed E-state index contributed by atoms with van der Waals surface area (Å²) in [6, 6.07) is -0.743. The number of carboxylic acid groups (broad SMARTS) is 1. The predicted octanol–water partition coefficient (Wildman–Crippen LogP) is 0.811. The summed E-state index contributed by atoms with van der Waals surface area (Å²) in [5.74, 6) is -0.0520. The van der Waals surface area contributed by atoms with Gasteiger partial charge in [-0.05, 0) is 13.8 Å². The Morgan fingerprint density at radius 3 is 3.00 bits per heavy atom. The summed E-state index contributed by atoms with van der Waals surface area (Å²) in [5, 5.41) is 15.7. The Bertz CT molecular complexity index is 537. The molecule has 0 amide bonds. The van der Waals surface area contributed by atoms with Gasteiger partial charge in [0.1, 0.15) is 23.1 Å². The summed E-state index contributed by atoms with van der Waals surface area (Å²) in [6.07, 6.45) is 1.45. The summed E-state index contributed by atoms with van der Waals surface area (Å²) in [7, 11) is 0. The van der Waals surface area contributed by atoms with Crippen molar-refractivity contribution >= 4 is 22.9 Å². The molecule has 2 aromatic heterocycles. The van der Waals surface area contributed by atoms with E-state index in [0.29, 0.717) is 22.7 Å². The highest BCUT2D eigenvalue weighted by atomic mass is 16.5. The van der Waals surface area contributed by atoms with Crippen molar-refractivity contribution in [1.29, 1.82) is 0 Å². The fraction of sp³-hybridized carbons (Fsp3) is 0.333. The van der Waals surface area contributed by atoms with Crippen LogP contribution in [0, 0.1) is 6.92 Å². The topological polar surface area (TPSA) is 101 Å². The van der Waals surface area contributed by atoms with Gasteiger partial charge in [-0.3, -0.25) is 4.79 Å². The average molecular weight is 222 g/mol. The van der Waals surface area contributed by atoms with E-state index >= 15 is 0 Å². The first-order valence-corrected chi connectivity index (χ1v) is 4.66. The molecular formula is C9H10N4O3. The number of aromatic nitrogens is 3. The quantitative estimate of drug-likeness (QED) is 0.792. The van der Waals surface area contributed by atoms with Crippen molar-refractivity contribution in [2.24, 2.45) is 0 Å². The standard InChI is InChI=1S/C9H10N4O3/c1-4(9(14)15)11-7-6-3-10-16-8(6)13-5(2)12-7/h3-4H,1-2H3,(H,14,15)(H,11,12,13). The predicted molar refractivity (Wildman–Crippen MR) is 55.1 cm³/mol. The van der Waals surface area contributed by atoms with E-state index in [1.807, 2.05) is 0 Å². The zero-order chi connectivity index (χ0) is 11.7. The van der Waals surface area contributed by atoms with Gasteiger partial charge in [0.25, 0.3) is 5.71 Å². The molecule has 2 aromatic rings. The number of carboxylic acids is 1. The number of aryl methyl sites for hydroxylation is 1. The summed E-state index contributed by atoms with van der Waals surface area (Å²) < 4.78 is 4.89. The molecule has 1 unspecified atom stereocenters. The third kappa shape index (κ3) is 1.79. The number of rotatable bonds is 3. The molecule has 0 saturated carbocycles. The normalized spacial score (nSPS) is 12.6. The van der Waals surface area contributed by atoms with E-state index < -0.39 is 12.0 Å². The number of aliphatic carboxylic acids is 1. The Morgan fingerprint density at radius 2 is 2.31 bits per heavy atom. The first-order chi connectivity index (χ1) is 7.58. The third-order valence-electron chi connectivity index (χ3n) is 2.07. The Labute approximate surface area is 90.5 Å². The zero-order valence-corrected chi connectivity index (χ0v) is 8.76. The van der Waals surface area contributed by atoms with Crippen molar-refractivity contribution < 1.29 is 14.4 Å². The number of nitrogens with zero attached hydrogens (tertiary/aromatic N) is 3. The minimum atomic E-state index is -0.958. The molecular weight excluding hydrogens is 212 g/mol. The van der Waals surface area contributed by atoms with Crippen LogP contribution in [0.3, 0.4) is 0 Å². The molecule has 84 valence electrons. The van der Waals surface area contributed by atoms with Gasteiger partial charge >= 0.3 is 5.97 Å². The van der Waals surface area contributed by atoms with E-state index in [4.69, 9.17) is 9.63 Å². The molecule has 0 aliphatic carbocycles. The van der Waals surface area contributed by atoms with Gasteiger partial charge in [-0.2, -0.15) is 4.98 Å². The Kier molecular flexibility index (Phi) is 2.43. The lowest BCUT2D eigenvalue weighted by atomic mass is 10.3. The summed E-state index contributed by atoms with van der Waals surface area (Å²) in [4.78, 5) is 18.8. The molecule has 0 bridgehead atoms. The number of hydrogen-bond donors (Lipinski definition) is 2. The molecule has 0 saturated heterocycles. The second kappa shape index (κ2) is 3.76. The van der Waals surface area contributed by atoms with Crippen LogP contribution < -0.4 is 5.32 Å². The minimum Gasteiger partial charge on any atom is -0.480 e. The molecule has 16 heavy (non-hydrogen) atoms. The molecule has 2 rings (SSSR count). The maximum absolute atomic E-state index is 10.7. The largest absolute Gasteiger partial charge is 0.480 e. The van der Waals surface area contributed by atoms with Crippen LogP contribution in [0.25, 0.3) is 11.1 Å². The summed E-state index contributed by atoms with van der Waals surface area (Å²) in [5.41, 5.74) is 0.340. The lowest BCUT2D eigenvalue weighted by molar-refractivity contribution is -0.137. The van der Waals surface area contributed by atoms with E-state index in [0.717, 1.165) is 0 Å². The van der Waals surface area contributed by atoms with Gasteiger partial charge in [0, 0.05) is 0 Å². The fourth-order valence-corrected chi connectivity index (χ4v) is 1.25. The monoisotopic (exact) mass is 222 g/mol. The summed E-state index contributed by atoms with van der Waals surface area (Å²) >= 11 is 0. The van der Waals surface area contributed by atoms with E-state index in [1.165, 1.54) is 13.1 Å². The van der Waals surface area contributed by atoms with Crippen molar-refractivity contribution in [3.8, 4) is 0 Å². The first-order valence-electron chi connectivity index (χ1n) is 4.66. The molecule has 0 radical (unpaired) electrons. The van der Waals surface area contributed by atoms with Crippen LogP contribution in [0.5, 0.6) is 0 Å². The van der Waals surface area contributed by atoms with Crippen molar-refractivity contribution in [2.45, 2.75) is 19.9 Å². The molecule has 0 fully saturated rings. The van der Waals surface area contributed by atoms with Crippen LogP contribution in [-0.4, -0.2) is 32.2 Å². The number of nitrogens with one attached hydrogen (secondary N) is 1. The van der Waals surface area contributed by atoms with Crippen molar-refractivity contribution in [1.82, 2.24) is 15.1 Å². The van der Waals surface area contributed by atoms with Crippen LogP contribution in [0.4, 0.5) is 5.82 Å². The number of anilines is 1. The van der Waals surface area contributed by atoms with Gasteiger partial charge in [0.05, 0.1) is 6.20 Å². The van der Waals surface area contributed by atoms with Crippen LogP contribution >= 0.6 is 0 Å². The molecule has 0 spiro atoms. The Hall–Kier alpha value is -2.18. The van der Waals surface area contributed by atoms with E-state index in [9.17, 15) is 4.79 Å². The van der Waals surface area contributed by atoms with Crippen LogP contribution in [-0.2, 0) is 4.79 Å². The molecule has 7 heteroatoms. The van der Waals surface area contributed by atoms with Gasteiger partial charge in [-0.15, -0.1) is 0 Å². The van der Waals surface area contributed by atoms with E-state index in [1.54, 1.807) is 6.92 Å². The minimum absolute atomic E-state index is 0.340. The second-order valence-corrected chi connectivity index (χ2v) is 3.37. The first kappa shape index (κ1) is 10.3. The zero-order valence-electron chi connectivity index (χ0n) is 8.76. The molecule has 0 aromatic carbocycles. The van der Waals surface area contributed by atoms with Crippen LogP contribution in [0.15, 0.2) is 10.7 Å². The van der Waals surface area contributed by atoms with Gasteiger partial charge in [-0.25, -0.2) is 4.98 Å². The second-order valence-electron chi connectivity index (χ2n) is 3.37. The highest BCUT2D eigenvalue weighted by Gasteiger charge is 2.15. The van der Waals surface area contributed by atoms with Crippen LogP contribution in [0.1, 0.15) is 12.7 Å². The van der Waals surface area contributed by atoms with Crippen molar-refractivity contribution in [2.75, 3.05) is 5.32 Å². The third-order valence-corrected chi connectivity index (χ3v) is 2.07. The molecule has 2 N–H and O–H groups in total. The lowest BCUT2D eigenvalue weighted by Gasteiger charge is -2.10. The highest BCUT2D eigenvalue weighted by molar-refractivity contribution is 5.87. The number of carbonyl (C=O) groups is 1. The fourth-order valence-electron chi connectivity index (χ4n) is 1.25. The SMILES string of the molecule is Cc1nc(NC(C)C(=O)O)c2cnoc2n1. The van der Waals surface area contributed by atoms with Crippen molar-refractivity contribution in [3.63, 3.8) is 0 Å². The van der Waals surface area contributed by atoms with Gasteiger partial charge in [-0.1, -0.05) is 5.16 Å². The maximum Gasteiger partial charge on any atom is 0.325 e. The molecule has 7 nitrogen and oxygen atoms in total. The highest BCUT2D eigenvalue weighted by Crippen LogP contribution is 2.20.